The first-order chi connectivity index (χ1) is 12.3. The predicted molar refractivity (Wildman–Crippen MR) is 114 cm³/mol. The maximum atomic E-state index is 12.7. The van der Waals surface area contributed by atoms with Gasteiger partial charge in [0.25, 0.3) is 5.91 Å². The first-order valence-electron chi connectivity index (χ1n) is 8.83. The lowest BCUT2D eigenvalue weighted by Gasteiger charge is -2.32. The highest BCUT2D eigenvalue weighted by Crippen LogP contribution is 2.21. The van der Waals surface area contributed by atoms with Gasteiger partial charge in [0.15, 0.2) is 5.16 Å². The molecular formula is C18H27Cl2N5OS. The van der Waals surface area contributed by atoms with E-state index in [2.05, 4.69) is 27.4 Å². The summed E-state index contributed by atoms with van der Waals surface area (Å²) in [6.45, 7) is 5.93. The van der Waals surface area contributed by atoms with Crippen LogP contribution >= 0.6 is 36.6 Å². The highest BCUT2D eigenvalue weighted by molar-refractivity contribution is 7.98. The molecule has 2 N–H and O–H groups in total. The Balaban J connectivity index is 0.00000182. The molecule has 1 amide bonds. The van der Waals surface area contributed by atoms with E-state index in [9.17, 15) is 4.79 Å². The maximum Gasteiger partial charge on any atom is 0.253 e. The van der Waals surface area contributed by atoms with Gasteiger partial charge < -0.3 is 10.2 Å². The molecule has 6 nitrogen and oxygen atoms in total. The Morgan fingerprint density at radius 3 is 2.56 bits per heavy atom. The van der Waals surface area contributed by atoms with Crippen molar-refractivity contribution in [3.63, 3.8) is 0 Å². The zero-order valence-corrected chi connectivity index (χ0v) is 17.8. The number of aromatic nitrogens is 3. The van der Waals surface area contributed by atoms with Crippen molar-refractivity contribution in [2.75, 3.05) is 26.2 Å². The third-order valence-corrected chi connectivity index (χ3v) is 5.50. The third kappa shape index (κ3) is 6.99. The number of aromatic amines is 1. The fourth-order valence-corrected chi connectivity index (χ4v) is 3.77. The number of hydrogen-bond acceptors (Lipinski definition) is 5. The number of likely N-dealkylation sites (tertiary alicyclic amines) is 1. The van der Waals surface area contributed by atoms with Crippen molar-refractivity contribution in [1.29, 1.82) is 0 Å². The van der Waals surface area contributed by atoms with Crippen molar-refractivity contribution in [1.82, 2.24) is 25.4 Å². The molecule has 2 aromatic rings. The molecule has 0 bridgehead atoms. The molecule has 0 unspecified atom stereocenters. The van der Waals surface area contributed by atoms with Crippen LogP contribution in [0, 0.1) is 5.92 Å². The summed E-state index contributed by atoms with van der Waals surface area (Å²) in [6.07, 6.45) is 3.68. The minimum absolute atomic E-state index is 0. The zero-order valence-electron chi connectivity index (χ0n) is 15.4. The van der Waals surface area contributed by atoms with E-state index in [0.29, 0.717) is 5.92 Å². The minimum Gasteiger partial charge on any atom is -0.339 e. The summed E-state index contributed by atoms with van der Waals surface area (Å²) in [6, 6.07) is 7.91. The van der Waals surface area contributed by atoms with Crippen LogP contribution < -0.4 is 5.32 Å². The number of carbonyl (C=O) groups excluding carboxylic acids is 1. The summed E-state index contributed by atoms with van der Waals surface area (Å²) in [7, 11) is 0. The summed E-state index contributed by atoms with van der Waals surface area (Å²) in [5.74, 6) is 1.65. The van der Waals surface area contributed by atoms with E-state index in [1.807, 2.05) is 29.2 Å². The van der Waals surface area contributed by atoms with Crippen LogP contribution in [-0.4, -0.2) is 52.2 Å². The van der Waals surface area contributed by atoms with Crippen molar-refractivity contribution in [3.8, 4) is 0 Å². The molecular weight excluding hydrogens is 405 g/mol. The van der Waals surface area contributed by atoms with Crippen LogP contribution in [0.5, 0.6) is 0 Å². The molecule has 1 aromatic carbocycles. The Morgan fingerprint density at radius 2 is 1.96 bits per heavy atom. The predicted octanol–water partition coefficient (Wildman–Crippen LogP) is 3.40. The van der Waals surface area contributed by atoms with Crippen LogP contribution in [0.4, 0.5) is 0 Å². The quantitative estimate of drug-likeness (QED) is 0.656. The van der Waals surface area contributed by atoms with Crippen molar-refractivity contribution in [2.24, 2.45) is 5.92 Å². The smallest absolute Gasteiger partial charge is 0.253 e. The molecule has 0 spiro atoms. The van der Waals surface area contributed by atoms with Crippen molar-refractivity contribution in [3.05, 3.63) is 41.7 Å². The average molecular weight is 432 g/mol. The molecule has 1 aliphatic heterocycles. The Bertz CT molecular complexity index is 661. The van der Waals surface area contributed by atoms with Gasteiger partial charge in [-0.05, 0) is 49.5 Å². The van der Waals surface area contributed by atoms with Crippen molar-refractivity contribution in [2.45, 2.75) is 30.7 Å². The fourth-order valence-electron chi connectivity index (χ4n) is 3.03. The van der Waals surface area contributed by atoms with Gasteiger partial charge in [0.05, 0.1) is 0 Å². The molecule has 3 rings (SSSR count). The molecule has 2 heterocycles. The average Bonchev–Trinajstić information content (AvgIpc) is 3.19. The van der Waals surface area contributed by atoms with Gasteiger partial charge in [-0.3, -0.25) is 9.89 Å². The number of piperidine rings is 1. The van der Waals surface area contributed by atoms with Crippen molar-refractivity contribution < 1.29 is 4.79 Å². The zero-order chi connectivity index (χ0) is 17.5. The van der Waals surface area contributed by atoms with E-state index in [1.54, 1.807) is 11.8 Å². The van der Waals surface area contributed by atoms with E-state index in [-0.39, 0.29) is 30.7 Å². The summed E-state index contributed by atoms with van der Waals surface area (Å²) in [5, 5.41) is 10.9. The standard InChI is InChI=1S/C18H25N5OS.2ClH/c1-2-19-11-14-7-9-23(10-8-14)17(24)16-5-3-15(4-6-16)12-25-18-20-13-21-22-18;;/h3-6,13-14,19H,2,7-12H2,1H3,(H,20,21,22);2*1H. The van der Waals surface area contributed by atoms with Crippen LogP contribution in [0.25, 0.3) is 0 Å². The van der Waals surface area contributed by atoms with Crippen molar-refractivity contribution >= 4 is 42.5 Å². The van der Waals surface area contributed by atoms with Gasteiger partial charge in [0.2, 0.25) is 0 Å². The number of thioether (sulfide) groups is 1. The number of carbonyl (C=O) groups is 1. The molecule has 0 aliphatic carbocycles. The second-order valence-corrected chi connectivity index (χ2v) is 7.28. The Hall–Kier alpha value is -1.28. The van der Waals surface area contributed by atoms with Gasteiger partial charge in [-0.15, -0.1) is 24.8 Å². The number of nitrogens with zero attached hydrogens (tertiary/aromatic N) is 3. The molecule has 150 valence electrons. The van der Waals surface area contributed by atoms with Gasteiger partial charge in [-0.25, -0.2) is 4.98 Å². The number of halogens is 2. The van der Waals surface area contributed by atoms with E-state index in [0.717, 1.165) is 55.5 Å². The number of benzene rings is 1. The van der Waals surface area contributed by atoms with Gasteiger partial charge >= 0.3 is 0 Å². The number of H-pyrrole nitrogens is 1. The second-order valence-electron chi connectivity index (χ2n) is 6.32. The topological polar surface area (TPSA) is 73.9 Å². The monoisotopic (exact) mass is 431 g/mol. The summed E-state index contributed by atoms with van der Waals surface area (Å²) in [5.41, 5.74) is 1.95. The fraction of sp³-hybridized carbons (Fsp3) is 0.500. The maximum absolute atomic E-state index is 12.7. The molecule has 0 saturated carbocycles. The van der Waals surface area contributed by atoms with E-state index in [4.69, 9.17) is 0 Å². The lowest BCUT2D eigenvalue weighted by Crippen LogP contribution is -2.40. The molecule has 1 aliphatic rings. The molecule has 27 heavy (non-hydrogen) atoms. The summed E-state index contributed by atoms with van der Waals surface area (Å²) in [4.78, 5) is 18.7. The lowest BCUT2D eigenvalue weighted by molar-refractivity contribution is 0.0690. The normalized spacial score (nSPS) is 14.3. The summed E-state index contributed by atoms with van der Waals surface area (Å²) >= 11 is 1.60. The SMILES string of the molecule is CCNCC1CCN(C(=O)c2ccc(CSc3ncn[nH]3)cc2)CC1.Cl.Cl. The van der Waals surface area contributed by atoms with Gasteiger partial charge in [-0.2, -0.15) is 5.10 Å². The first-order valence-corrected chi connectivity index (χ1v) is 9.82. The molecule has 1 aromatic heterocycles. The number of amides is 1. The number of rotatable bonds is 7. The Labute approximate surface area is 177 Å². The Morgan fingerprint density at radius 1 is 1.26 bits per heavy atom. The molecule has 1 fully saturated rings. The van der Waals surface area contributed by atoms with Crippen LogP contribution in [0.3, 0.4) is 0 Å². The second kappa shape index (κ2) is 12.2. The number of nitrogens with one attached hydrogen (secondary N) is 2. The molecule has 0 atom stereocenters. The van der Waals surface area contributed by atoms with Gasteiger partial charge in [0, 0.05) is 24.4 Å². The molecule has 0 radical (unpaired) electrons. The highest BCUT2D eigenvalue weighted by atomic mass is 35.5. The van der Waals surface area contributed by atoms with E-state index < -0.39 is 0 Å². The Kier molecular flexibility index (Phi) is 10.8. The largest absolute Gasteiger partial charge is 0.339 e. The van der Waals surface area contributed by atoms with Gasteiger partial charge in [-0.1, -0.05) is 30.8 Å². The number of hydrogen-bond donors (Lipinski definition) is 2. The molecule has 9 heteroatoms. The summed E-state index contributed by atoms with van der Waals surface area (Å²) < 4.78 is 0. The van der Waals surface area contributed by atoms with E-state index >= 15 is 0 Å². The van der Waals surface area contributed by atoms with Gasteiger partial charge in [0.1, 0.15) is 6.33 Å². The highest BCUT2D eigenvalue weighted by Gasteiger charge is 2.23. The first kappa shape index (κ1) is 23.8. The van der Waals surface area contributed by atoms with E-state index in [1.165, 1.54) is 11.9 Å². The van der Waals surface area contributed by atoms with Crippen LogP contribution in [0.15, 0.2) is 35.7 Å². The van der Waals surface area contributed by atoms with Crippen LogP contribution in [0.1, 0.15) is 35.7 Å². The molecule has 1 saturated heterocycles. The van der Waals surface area contributed by atoms with Crippen LogP contribution in [0.2, 0.25) is 0 Å². The minimum atomic E-state index is 0. The third-order valence-electron chi connectivity index (χ3n) is 4.55. The van der Waals surface area contributed by atoms with Crippen LogP contribution in [-0.2, 0) is 5.75 Å². The lowest BCUT2D eigenvalue weighted by atomic mass is 9.96.